The second kappa shape index (κ2) is 8.88. The third-order valence-electron chi connectivity index (χ3n) is 5.65. The van der Waals surface area contributed by atoms with E-state index < -0.39 is 43.4 Å². The van der Waals surface area contributed by atoms with Crippen LogP contribution in [0.15, 0.2) is 58.5 Å². The molecule has 0 atom stereocenters. The highest BCUT2D eigenvalue weighted by Crippen LogP contribution is 2.35. The van der Waals surface area contributed by atoms with Gasteiger partial charge >= 0.3 is 12.2 Å². The number of piperazine rings is 1. The molecule has 1 N–H and O–H groups in total. The quantitative estimate of drug-likeness (QED) is 0.571. The second-order valence-electron chi connectivity index (χ2n) is 9.20. The van der Waals surface area contributed by atoms with Gasteiger partial charge in [0.1, 0.15) is 16.3 Å². The number of fused-ring (bicyclic) bond motifs is 1. The smallest absolute Gasteiger partial charge is 0.417 e. The van der Waals surface area contributed by atoms with Crippen molar-refractivity contribution in [2.75, 3.05) is 31.1 Å². The van der Waals surface area contributed by atoms with E-state index in [9.17, 15) is 27.5 Å². The van der Waals surface area contributed by atoms with Crippen LogP contribution in [0.4, 0.5) is 19.7 Å². The Bertz CT molecular complexity index is 1400. The number of halogens is 1. The van der Waals surface area contributed by atoms with Crippen LogP contribution in [0.2, 0.25) is 0 Å². The van der Waals surface area contributed by atoms with Gasteiger partial charge in [-0.1, -0.05) is 18.2 Å². The molecule has 186 valence electrons. The molecule has 3 aromatic rings. The van der Waals surface area contributed by atoms with Crippen molar-refractivity contribution >= 4 is 38.6 Å². The third kappa shape index (κ3) is 4.68. The minimum Gasteiger partial charge on any atom is -0.464 e. The maximum atomic E-state index is 14.3. The van der Waals surface area contributed by atoms with Crippen molar-refractivity contribution in [2.45, 2.75) is 36.3 Å². The minimum atomic E-state index is -4.47. The molecule has 1 amide bonds. The number of rotatable bonds is 3. The molecule has 9 nitrogen and oxygen atoms in total. The summed E-state index contributed by atoms with van der Waals surface area (Å²) in [4.78, 5) is 27.4. The van der Waals surface area contributed by atoms with Crippen molar-refractivity contribution in [1.82, 2.24) is 9.47 Å². The van der Waals surface area contributed by atoms with E-state index in [-0.39, 0.29) is 5.52 Å². The van der Waals surface area contributed by atoms with Crippen molar-refractivity contribution in [3.05, 3.63) is 54.3 Å². The van der Waals surface area contributed by atoms with Crippen LogP contribution in [0.25, 0.3) is 10.9 Å². The number of carbonyl (C=O) groups is 2. The first-order valence-electron chi connectivity index (χ1n) is 11.0. The van der Waals surface area contributed by atoms with Gasteiger partial charge in [0.15, 0.2) is 5.03 Å². The number of nitrogens with zero attached hydrogens (tertiary/aromatic N) is 3. The summed E-state index contributed by atoms with van der Waals surface area (Å²) in [6.45, 7) is 7.01. The molecule has 1 aliphatic heterocycles. The first-order valence-corrected chi connectivity index (χ1v) is 12.5. The average molecular weight is 504 g/mol. The van der Waals surface area contributed by atoms with Gasteiger partial charge in [0.05, 0.1) is 5.52 Å². The molecule has 1 saturated heterocycles. The number of amides is 1. The summed E-state index contributed by atoms with van der Waals surface area (Å²) in [5, 5.41) is 9.72. The van der Waals surface area contributed by atoms with Gasteiger partial charge in [-0.3, -0.25) is 0 Å². The topological polar surface area (TPSA) is 109 Å². The highest BCUT2D eigenvalue weighted by molar-refractivity contribution is 7.91. The molecule has 0 radical (unpaired) electrons. The van der Waals surface area contributed by atoms with Crippen LogP contribution >= 0.6 is 0 Å². The molecule has 0 saturated carbocycles. The molecule has 11 heteroatoms. The molecule has 0 aliphatic carbocycles. The fraction of sp³-hybridized carbons (Fsp3) is 0.333. The SMILES string of the molecule is CC(C)(C)OC(=O)N1CCN(c2cccc3c2cc(S(=O)(=O)c2ccccc2F)n3C(=O)O)CC1. The summed E-state index contributed by atoms with van der Waals surface area (Å²) < 4.78 is 47.0. The molecule has 2 heterocycles. The summed E-state index contributed by atoms with van der Waals surface area (Å²) >= 11 is 0. The Morgan fingerprint density at radius 1 is 1.00 bits per heavy atom. The van der Waals surface area contributed by atoms with E-state index in [4.69, 9.17) is 4.74 Å². The number of hydrogen-bond donors (Lipinski definition) is 1. The Labute approximate surface area is 202 Å². The predicted octanol–water partition coefficient (Wildman–Crippen LogP) is 4.20. The molecule has 0 spiro atoms. The summed E-state index contributed by atoms with van der Waals surface area (Å²) in [5.74, 6) is -0.965. The number of aromatic nitrogens is 1. The normalized spacial score (nSPS) is 14.9. The number of carboxylic acid groups (broad SMARTS) is 1. The van der Waals surface area contributed by atoms with Gasteiger partial charge in [-0.2, -0.15) is 0 Å². The zero-order valence-corrected chi connectivity index (χ0v) is 20.4. The molecule has 35 heavy (non-hydrogen) atoms. The van der Waals surface area contributed by atoms with E-state index in [1.807, 2.05) is 4.90 Å². The zero-order chi connectivity index (χ0) is 25.5. The highest BCUT2D eigenvalue weighted by atomic mass is 32.2. The molecule has 1 aromatic heterocycles. The first kappa shape index (κ1) is 24.5. The van der Waals surface area contributed by atoms with Crippen LogP contribution in [0.3, 0.4) is 0 Å². The molecular weight excluding hydrogens is 477 g/mol. The number of carbonyl (C=O) groups excluding carboxylic acids is 1. The number of hydrogen-bond acceptors (Lipinski definition) is 6. The van der Waals surface area contributed by atoms with Crippen molar-refractivity contribution in [2.24, 2.45) is 0 Å². The standard InChI is InChI=1S/C24H26FN3O6S/c1-24(2,3)34-23(31)27-13-11-26(12-14-27)18-8-6-9-19-16(18)15-21(28(19)22(29)30)35(32,33)20-10-5-4-7-17(20)25/h4-10,15H,11-14H2,1-3H3,(H,29,30). The fourth-order valence-corrected chi connectivity index (χ4v) is 5.59. The number of sulfone groups is 1. The van der Waals surface area contributed by atoms with Crippen LogP contribution in [0, 0.1) is 5.82 Å². The Morgan fingerprint density at radius 3 is 2.26 bits per heavy atom. The molecule has 4 rings (SSSR count). The van der Waals surface area contributed by atoms with Crippen LogP contribution in [-0.4, -0.2) is 67.0 Å². The Balaban J connectivity index is 1.72. The molecule has 0 bridgehead atoms. The van der Waals surface area contributed by atoms with E-state index in [0.717, 1.165) is 12.1 Å². The van der Waals surface area contributed by atoms with Crippen molar-refractivity contribution in [1.29, 1.82) is 0 Å². The highest BCUT2D eigenvalue weighted by Gasteiger charge is 2.31. The molecule has 1 aliphatic rings. The minimum absolute atomic E-state index is 0.166. The van der Waals surface area contributed by atoms with Crippen LogP contribution < -0.4 is 4.90 Å². The number of benzene rings is 2. The second-order valence-corrected chi connectivity index (χ2v) is 11.1. The Hall–Kier alpha value is -3.60. The van der Waals surface area contributed by atoms with E-state index >= 15 is 0 Å². The molecule has 2 aromatic carbocycles. The molecule has 1 fully saturated rings. The number of ether oxygens (including phenoxy) is 1. The predicted molar refractivity (Wildman–Crippen MR) is 127 cm³/mol. The molecule has 0 unspecified atom stereocenters. The summed E-state index contributed by atoms with van der Waals surface area (Å²) in [5.41, 5.74) is 0.176. The first-order chi connectivity index (χ1) is 16.4. The Morgan fingerprint density at radius 2 is 1.66 bits per heavy atom. The van der Waals surface area contributed by atoms with Gasteiger partial charge in [0.2, 0.25) is 9.84 Å². The van der Waals surface area contributed by atoms with Crippen LogP contribution in [0.1, 0.15) is 20.8 Å². The van der Waals surface area contributed by atoms with E-state index in [2.05, 4.69) is 0 Å². The summed E-state index contributed by atoms with van der Waals surface area (Å²) in [6, 6.07) is 11.0. The number of anilines is 1. The monoisotopic (exact) mass is 503 g/mol. The van der Waals surface area contributed by atoms with Crippen LogP contribution in [-0.2, 0) is 14.6 Å². The largest absolute Gasteiger partial charge is 0.464 e. The van der Waals surface area contributed by atoms with Crippen molar-refractivity contribution < 1.29 is 32.2 Å². The lowest BCUT2D eigenvalue weighted by Gasteiger charge is -2.37. The third-order valence-corrected chi connectivity index (χ3v) is 7.42. The van der Waals surface area contributed by atoms with Crippen LogP contribution in [0.5, 0.6) is 0 Å². The lowest BCUT2D eigenvalue weighted by Crippen LogP contribution is -2.50. The van der Waals surface area contributed by atoms with Gasteiger partial charge in [0.25, 0.3) is 0 Å². The maximum Gasteiger partial charge on any atom is 0.417 e. The van der Waals surface area contributed by atoms with Gasteiger partial charge in [-0.05, 0) is 51.1 Å². The van der Waals surface area contributed by atoms with E-state index in [1.165, 1.54) is 24.3 Å². The fourth-order valence-electron chi connectivity index (χ4n) is 4.09. The maximum absolute atomic E-state index is 14.3. The van der Waals surface area contributed by atoms with Gasteiger partial charge in [-0.15, -0.1) is 0 Å². The lowest BCUT2D eigenvalue weighted by atomic mass is 10.1. The van der Waals surface area contributed by atoms with Crippen molar-refractivity contribution in [3.63, 3.8) is 0 Å². The summed E-state index contributed by atoms with van der Waals surface area (Å²) in [6.07, 6.45) is -1.91. The zero-order valence-electron chi connectivity index (χ0n) is 19.6. The molecular formula is C24H26FN3O6S. The van der Waals surface area contributed by atoms with Gasteiger partial charge < -0.3 is 19.6 Å². The summed E-state index contributed by atoms with van der Waals surface area (Å²) in [7, 11) is -4.47. The lowest BCUT2D eigenvalue weighted by molar-refractivity contribution is 0.0240. The van der Waals surface area contributed by atoms with Gasteiger partial charge in [-0.25, -0.2) is 27.0 Å². The Kier molecular flexibility index (Phi) is 6.22. The van der Waals surface area contributed by atoms with Crippen molar-refractivity contribution in [3.8, 4) is 0 Å². The van der Waals surface area contributed by atoms with E-state index in [1.54, 1.807) is 37.8 Å². The van der Waals surface area contributed by atoms with Gasteiger partial charge in [0, 0.05) is 37.3 Å². The average Bonchev–Trinajstić information content (AvgIpc) is 3.19. The van der Waals surface area contributed by atoms with E-state index in [0.29, 0.717) is 41.8 Å².